The highest BCUT2D eigenvalue weighted by molar-refractivity contribution is 5.85. The molecule has 0 spiro atoms. The van der Waals surface area contributed by atoms with Crippen molar-refractivity contribution in [3.05, 3.63) is 41.7 Å². The van der Waals surface area contributed by atoms with Gasteiger partial charge in [-0.1, -0.05) is 12.1 Å². The highest BCUT2D eigenvalue weighted by atomic mass is 15.3. The summed E-state index contributed by atoms with van der Waals surface area (Å²) >= 11 is 0. The number of hydrogen-bond acceptors (Lipinski definition) is 5. The Kier molecular flexibility index (Phi) is 3.85. The fourth-order valence-electron chi connectivity index (χ4n) is 3.60. The highest BCUT2D eigenvalue weighted by Crippen LogP contribution is 2.29. The van der Waals surface area contributed by atoms with Crippen LogP contribution in [-0.2, 0) is 0 Å². The van der Waals surface area contributed by atoms with Crippen molar-refractivity contribution in [3.8, 4) is 11.8 Å². The van der Waals surface area contributed by atoms with Crippen molar-refractivity contribution in [1.29, 1.82) is 5.26 Å². The van der Waals surface area contributed by atoms with Crippen molar-refractivity contribution in [2.45, 2.75) is 32.6 Å². The van der Waals surface area contributed by atoms with Gasteiger partial charge in [0.25, 0.3) is 0 Å². The lowest BCUT2D eigenvalue weighted by Crippen LogP contribution is -2.19. The molecule has 126 valence electrons. The third-order valence-electron chi connectivity index (χ3n) is 4.99. The van der Waals surface area contributed by atoms with Gasteiger partial charge in [0.15, 0.2) is 5.82 Å². The number of anilines is 1. The Morgan fingerprint density at radius 2 is 2.00 bits per heavy atom. The van der Waals surface area contributed by atoms with Gasteiger partial charge in [0.1, 0.15) is 0 Å². The largest absolute Gasteiger partial charge is 0.355 e. The van der Waals surface area contributed by atoms with Gasteiger partial charge in [-0.2, -0.15) is 15.5 Å². The van der Waals surface area contributed by atoms with Crippen molar-refractivity contribution in [1.82, 2.24) is 20.0 Å². The van der Waals surface area contributed by atoms with Crippen molar-refractivity contribution in [2.75, 3.05) is 18.0 Å². The van der Waals surface area contributed by atoms with Crippen molar-refractivity contribution in [3.63, 3.8) is 0 Å². The number of fused-ring (bicyclic) bond motifs is 1. The van der Waals surface area contributed by atoms with Gasteiger partial charge in [-0.25, -0.2) is 4.68 Å². The first-order valence-corrected chi connectivity index (χ1v) is 8.64. The minimum Gasteiger partial charge on any atom is -0.355 e. The zero-order valence-electron chi connectivity index (χ0n) is 14.5. The number of nitriles is 1. The molecule has 2 aromatic heterocycles. The highest BCUT2D eigenvalue weighted by Gasteiger charge is 2.17. The maximum Gasteiger partial charge on any atom is 0.153 e. The Morgan fingerprint density at radius 1 is 1.20 bits per heavy atom. The molecule has 6 heteroatoms. The van der Waals surface area contributed by atoms with E-state index in [9.17, 15) is 5.26 Å². The van der Waals surface area contributed by atoms with E-state index in [0.29, 0.717) is 0 Å². The molecule has 0 N–H and O–H groups in total. The molecule has 0 aliphatic carbocycles. The van der Waals surface area contributed by atoms with E-state index < -0.39 is 0 Å². The number of hydrogen-bond donors (Lipinski definition) is 0. The minimum absolute atomic E-state index is 0.150. The van der Waals surface area contributed by atoms with Gasteiger partial charge in [-0.05, 0) is 37.8 Å². The zero-order valence-corrected chi connectivity index (χ0v) is 14.5. The van der Waals surface area contributed by atoms with Crippen LogP contribution in [0.5, 0.6) is 0 Å². The molecule has 1 fully saturated rings. The van der Waals surface area contributed by atoms with Crippen LogP contribution in [0.4, 0.5) is 5.82 Å². The standard InChI is InChI=1S/C19H20N6/c1-13(10-20)17-6-5-15-11-22-25(19(15)14(17)2)16-9-18(23-21-12-16)24-7-3-4-8-24/h5-6,9,11-13H,3-4,7-8H2,1-2H3. The molecule has 1 saturated heterocycles. The average Bonchev–Trinajstić information content (AvgIpc) is 3.31. The summed E-state index contributed by atoms with van der Waals surface area (Å²) in [6, 6.07) is 8.43. The molecular formula is C19H20N6. The van der Waals surface area contributed by atoms with E-state index in [1.54, 1.807) is 6.20 Å². The maximum atomic E-state index is 9.28. The lowest BCUT2D eigenvalue weighted by molar-refractivity contribution is 0.852. The van der Waals surface area contributed by atoms with Crippen LogP contribution in [0.25, 0.3) is 16.6 Å². The second-order valence-electron chi connectivity index (χ2n) is 6.59. The molecule has 6 nitrogen and oxygen atoms in total. The Hall–Kier alpha value is -2.94. The topological polar surface area (TPSA) is 70.6 Å². The second kappa shape index (κ2) is 6.17. The molecule has 3 heterocycles. The molecule has 1 aromatic carbocycles. The average molecular weight is 332 g/mol. The van der Waals surface area contributed by atoms with Crippen molar-refractivity contribution in [2.24, 2.45) is 0 Å². The van der Waals surface area contributed by atoms with Crippen LogP contribution in [0.1, 0.15) is 36.8 Å². The van der Waals surface area contributed by atoms with Crippen LogP contribution in [0, 0.1) is 18.3 Å². The molecule has 0 radical (unpaired) electrons. The lowest BCUT2D eigenvalue weighted by atomic mass is 9.96. The summed E-state index contributed by atoms with van der Waals surface area (Å²) in [5.41, 5.74) is 4.05. The van der Waals surface area contributed by atoms with Gasteiger partial charge >= 0.3 is 0 Å². The van der Waals surface area contributed by atoms with Crippen LogP contribution >= 0.6 is 0 Å². The molecule has 1 atom stereocenters. The molecule has 3 aromatic rings. The van der Waals surface area contributed by atoms with Crippen LogP contribution in [0.15, 0.2) is 30.6 Å². The summed E-state index contributed by atoms with van der Waals surface area (Å²) in [5, 5.41) is 23.4. The first-order chi connectivity index (χ1) is 12.2. The van der Waals surface area contributed by atoms with E-state index in [1.165, 1.54) is 12.8 Å². The van der Waals surface area contributed by atoms with E-state index in [0.717, 1.165) is 46.6 Å². The Balaban J connectivity index is 1.84. The Morgan fingerprint density at radius 3 is 2.76 bits per heavy atom. The summed E-state index contributed by atoms with van der Waals surface area (Å²) in [4.78, 5) is 2.26. The van der Waals surface area contributed by atoms with Gasteiger partial charge in [0, 0.05) is 24.5 Å². The van der Waals surface area contributed by atoms with Gasteiger partial charge in [0.05, 0.1) is 35.6 Å². The van der Waals surface area contributed by atoms with Crippen LogP contribution in [0.2, 0.25) is 0 Å². The molecule has 0 saturated carbocycles. The monoisotopic (exact) mass is 332 g/mol. The van der Waals surface area contributed by atoms with E-state index in [4.69, 9.17) is 0 Å². The summed E-state index contributed by atoms with van der Waals surface area (Å²) < 4.78 is 1.91. The number of benzene rings is 1. The van der Waals surface area contributed by atoms with Gasteiger partial charge < -0.3 is 4.90 Å². The first kappa shape index (κ1) is 15.6. The molecule has 1 aliphatic rings. The smallest absolute Gasteiger partial charge is 0.153 e. The fourth-order valence-corrected chi connectivity index (χ4v) is 3.60. The molecular weight excluding hydrogens is 312 g/mol. The fraction of sp³-hybridized carbons (Fsp3) is 0.368. The van der Waals surface area contributed by atoms with E-state index in [-0.39, 0.29) is 5.92 Å². The molecule has 0 bridgehead atoms. The number of rotatable bonds is 3. The zero-order chi connectivity index (χ0) is 17.4. The first-order valence-electron chi connectivity index (χ1n) is 8.64. The van der Waals surface area contributed by atoms with Gasteiger partial charge in [-0.3, -0.25) is 0 Å². The normalized spacial score (nSPS) is 15.5. The second-order valence-corrected chi connectivity index (χ2v) is 6.59. The van der Waals surface area contributed by atoms with E-state index in [2.05, 4.69) is 33.2 Å². The van der Waals surface area contributed by atoms with E-state index >= 15 is 0 Å². The maximum absolute atomic E-state index is 9.28. The summed E-state index contributed by atoms with van der Waals surface area (Å²) in [6.45, 7) is 6.04. The summed E-state index contributed by atoms with van der Waals surface area (Å²) in [7, 11) is 0. The third-order valence-corrected chi connectivity index (χ3v) is 4.99. The molecule has 25 heavy (non-hydrogen) atoms. The Bertz CT molecular complexity index is 962. The molecule has 0 amide bonds. The number of aryl methyl sites for hydroxylation is 1. The molecule has 4 rings (SSSR count). The molecule has 1 unspecified atom stereocenters. The van der Waals surface area contributed by atoms with Crippen molar-refractivity contribution < 1.29 is 0 Å². The van der Waals surface area contributed by atoms with Crippen LogP contribution in [-0.4, -0.2) is 33.1 Å². The summed E-state index contributed by atoms with van der Waals surface area (Å²) in [5.74, 6) is 0.751. The third kappa shape index (κ3) is 2.62. The SMILES string of the molecule is Cc1c(C(C)C#N)ccc2cnn(-c3cnnc(N4CCCC4)c3)c12. The van der Waals surface area contributed by atoms with Crippen LogP contribution < -0.4 is 4.90 Å². The summed E-state index contributed by atoms with van der Waals surface area (Å²) in [6.07, 6.45) is 6.00. The predicted octanol–water partition coefficient (Wildman–Crippen LogP) is 3.35. The predicted molar refractivity (Wildman–Crippen MR) is 96.9 cm³/mol. The Labute approximate surface area is 146 Å². The molecule has 1 aliphatic heterocycles. The van der Waals surface area contributed by atoms with Gasteiger partial charge in [-0.15, -0.1) is 5.10 Å². The van der Waals surface area contributed by atoms with Gasteiger partial charge in [0.2, 0.25) is 0 Å². The number of aromatic nitrogens is 4. The minimum atomic E-state index is -0.150. The van der Waals surface area contributed by atoms with Crippen molar-refractivity contribution >= 4 is 16.7 Å². The van der Waals surface area contributed by atoms with E-state index in [1.807, 2.05) is 36.0 Å². The quantitative estimate of drug-likeness (QED) is 0.735. The number of nitrogens with zero attached hydrogens (tertiary/aromatic N) is 6. The lowest BCUT2D eigenvalue weighted by Gasteiger charge is -2.16. The van der Waals surface area contributed by atoms with Crippen LogP contribution in [0.3, 0.4) is 0 Å².